The fourth-order valence-electron chi connectivity index (χ4n) is 1.93. The van der Waals surface area contributed by atoms with Crippen LogP contribution in [-0.2, 0) is 22.5 Å². The zero-order valence-electron chi connectivity index (χ0n) is 10.3. The Hall–Kier alpha value is -1.47. The molecule has 1 saturated heterocycles. The van der Waals surface area contributed by atoms with Gasteiger partial charge in [0.05, 0.1) is 25.7 Å². The molecule has 0 saturated carbocycles. The monoisotopic (exact) mass is 255 g/mol. The van der Waals surface area contributed by atoms with E-state index in [-0.39, 0.29) is 12.5 Å². The van der Waals surface area contributed by atoms with Crippen molar-refractivity contribution >= 4 is 5.97 Å². The minimum atomic E-state index is -0.840. The van der Waals surface area contributed by atoms with E-state index in [0.717, 1.165) is 13.0 Å². The van der Waals surface area contributed by atoms with Gasteiger partial charge in [-0.1, -0.05) is 12.1 Å². The van der Waals surface area contributed by atoms with Crippen LogP contribution in [0.4, 0.5) is 0 Å². The third-order valence-corrected chi connectivity index (χ3v) is 2.81. The second kappa shape index (κ2) is 5.92. The van der Waals surface area contributed by atoms with Crippen molar-refractivity contribution in [3.63, 3.8) is 0 Å². The molecule has 7 heteroatoms. The van der Waals surface area contributed by atoms with Gasteiger partial charge in [-0.3, -0.25) is 9.69 Å². The van der Waals surface area contributed by atoms with Crippen LogP contribution in [0.2, 0.25) is 0 Å². The number of carbonyl (C=O) groups is 1. The standard InChI is InChI=1S/C11H17N3O4/c1-2-9-12-10(18-13-9)7-14-3-4-17-8(6-14)5-11(15)16/h8H,2-7H2,1H3,(H,15,16). The van der Waals surface area contributed by atoms with Crippen molar-refractivity contribution in [2.24, 2.45) is 0 Å². The van der Waals surface area contributed by atoms with Crippen molar-refractivity contribution in [1.29, 1.82) is 0 Å². The zero-order valence-corrected chi connectivity index (χ0v) is 10.3. The summed E-state index contributed by atoms with van der Waals surface area (Å²) in [5, 5.41) is 12.6. The first kappa shape index (κ1) is 13.0. The normalized spacial score (nSPS) is 21.1. The fourth-order valence-corrected chi connectivity index (χ4v) is 1.93. The molecule has 2 heterocycles. The molecule has 1 aliphatic rings. The SMILES string of the molecule is CCc1noc(CN2CCOC(CC(=O)O)C2)n1. The molecule has 0 aromatic carbocycles. The van der Waals surface area contributed by atoms with Gasteiger partial charge in [0.2, 0.25) is 5.89 Å². The number of carboxylic acid groups (broad SMARTS) is 1. The van der Waals surface area contributed by atoms with Gasteiger partial charge in [-0.15, -0.1) is 0 Å². The molecule has 0 aliphatic carbocycles. The smallest absolute Gasteiger partial charge is 0.306 e. The van der Waals surface area contributed by atoms with Crippen LogP contribution in [0.15, 0.2) is 4.52 Å². The minimum Gasteiger partial charge on any atom is -0.481 e. The molecule has 1 N–H and O–H groups in total. The van der Waals surface area contributed by atoms with Crippen molar-refractivity contribution in [3.8, 4) is 0 Å². The maximum absolute atomic E-state index is 10.6. The lowest BCUT2D eigenvalue weighted by atomic mass is 10.2. The summed E-state index contributed by atoms with van der Waals surface area (Å²) in [5.74, 6) is 0.427. The van der Waals surface area contributed by atoms with Crippen molar-refractivity contribution in [1.82, 2.24) is 15.0 Å². The van der Waals surface area contributed by atoms with E-state index in [1.165, 1.54) is 0 Å². The zero-order chi connectivity index (χ0) is 13.0. The first-order chi connectivity index (χ1) is 8.67. The molecule has 1 fully saturated rings. The quantitative estimate of drug-likeness (QED) is 0.809. The fraction of sp³-hybridized carbons (Fsp3) is 0.727. The Bertz CT molecular complexity index is 407. The third-order valence-electron chi connectivity index (χ3n) is 2.81. The Morgan fingerprint density at radius 3 is 3.11 bits per heavy atom. The molecule has 0 bridgehead atoms. The highest BCUT2D eigenvalue weighted by Gasteiger charge is 2.23. The summed E-state index contributed by atoms with van der Waals surface area (Å²) in [6.07, 6.45) is 0.513. The van der Waals surface area contributed by atoms with Gasteiger partial charge < -0.3 is 14.4 Å². The second-order valence-corrected chi connectivity index (χ2v) is 4.28. The van der Waals surface area contributed by atoms with E-state index in [9.17, 15) is 4.79 Å². The van der Waals surface area contributed by atoms with Crippen LogP contribution >= 0.6 is 0 Å². The van der Waals surface area contributed by atoms with E-state index >= 15 is 0 Å². The minimum absolute atomic E-state index is 0.0283. The van der Waals surface area contributed by atoms with E-state index < -0.39 is 5.97 Å². The molecule has 1 atom stereocenters. The van der Waals surface area contributed by atoms with Gasteiger partial charge in [0.15, 0.2) is 5.82 Å². The molecular formula is C11H17N3O4. The highest BCUT2D eigenvalue weighted by Crippen LogP contribution is 2.11. The van der Waals surface area contributed by atoms with Crippen LogP contribution in [0.25, 0.3) is 0 Å². The van der Waals surface area contributed by atoms with Crippen molar-refractivity contribution in [3.05, 3.63) is 11.7 Å². The number of rotatable bonds is 5. The Balaban J connectivity index is 1.87. The van der Waals surface area contributed by atoms with E-state index in [2.05, 4.69) is 15.0 Å². The van der Waals surface area contributed by atoms with Crippen LogP contribution in [-0.4, -0.2) is 51.9 Å². The van der Waals surface area contributed by atoms with Gasteiger partial charge in [-0.25, -0.2) is 0 Å². The molecule has 2 rings (SSSR count). The Labute approximate surface area is 105 Å². The molecule has 1 aromatic rings. The summed E-state index contributed by atoms with van der Waals surface area (Å²) in [7, 11) is 0. The summed E-state index contributed by atoms with van der Waals surface area (Å²) in [6, 6.07) is 0. The van der Waals surface area contributed by atoms with Crippen molar-refractivity contribution in [2.45, 2.75) is 32.4 Å². The second-order valence-electron chi connectivity index (χ2n) is 4.28. The Morgan fingerprint density at radius 2 is 2.44 bits per heavy atom. The van der Waals surface area contributed by atoms with Gasteiger partial charge in [0.25, 0.3) is 0 Å². The predicted molar refractivity (Wildman–Crippen MR) is 60.9 cm³/mol. The molecule has 1 aliphatic heterocycles. The van der Waals surface area contributed by atoms with Gasteiger partial charge >= 0.3 is 5.97 Å². The van der Waals surface area contributed by atoms with E-state index in [4.69, 9.17) is 14.4 Å². The molecule has 0 spiro atoms. The number of hydrogen-bond donors (Lipinski definition) is 1. The molecule has 1 aromatic heterocycles. The molecule has 0 amide bonds. The van der Waals surface area contributed by atoms with Gasteiger partial charge in [-0.2, -0.15) is 4.98 Å². The topological polar surface area (TPSA) is 88.7 Å². The van der Waals surface area contributed by atoms with Gasteiger partial charge in [0.1, 0.15) is 0 Å². The summed E-state index contributed by atoms with van der Waals surface area (Å²) in [5.41, 5.74) is 0. The predicted octanol–water partition coefficient (Wildman–Crippen LogP) is 0.308. The Morgan fingerprint density at radius 1 is 1.61 bits per heavy atom. The number of aromatic nitrogens is 2. The van der Waals surface area contributed by atoms with E-state index in [0.29, 0.717) is 31.4 Å². The van der Waals surface area contributed by atoms with Crippen LogP contribution in [0, 0.1) is 0 Å². The average Bonchev–Trinajstić information content (AvgIpc) is 2.76. The largest absolute Gasteiger partial charge is 0.481 e. The van der Waals surface area contributed by atoms with E-state index in [1.54, 1.807) is 0 Å². The van der Waals surface area contributed by atoms with Crippen molar-refractivity contribution in [2.75, 3.05) is 19.7 Å². The number of aryl methyl sites for hydroxylation is 1. The third kappa shape index (κ3) is 3.51. The molecule has 7 nitrogen and oxygen atoms in total. The highest BCUT2D eigenvalue weighted by atomic mass is 16.5. The molecule has 100 valence electrons. The summed E-state index contributed by atoms with van der Waals surface area (Å²) in [4.78, 5) is 16.9. The lowest BCUT2D eigenvalue weighted by Gasteiger charge is -2.31. The van der Waals surface area contributed by atoms with Crippen LogP contribution in [0.1, 0.15) is 25.1 Å². The number of nitrogens with zero attached hydrogens (tertiary/aromatic N) is 3. The molecule has 1 unspecified atom stereocenters. The number of aliphatic carboxylic acids is 1. The first-order valence-corrected chi connectivity index (χ1v) is 6.04. The maximum atomic E-state index is 10.6. The van der Waals surface area contributed by atoms with Gasteiger partial charge in [-0.05, 0) is 0 Å². The molecule has 0 radical (unpaired) electrons. The number of ether oxygens (including phenoxy) is 1. The Kier molecular flexibility index (Phi) is 4.27. The number of hydrogen-bond acceptors (Lipinski definition) is 6. The lowest BCUT2D eigenvalue weighted by molar-refractivity contribution is -0.142. The van der Waals surface area contributed by atoms with Crippen LogP contribution in [0.3, 0.4) is 0 Å². The van der Waals surface area contributed by atoms with E-state index in [1.807, 2.05) is 6.92 Å². The van der Waals surface area contributed by atoms with Gasteiger partial charge in [0, 0.05) is 19.5 Å². The lowest BCUT2D eigenvalue weighted by Crippen LogP contribution is -2.42. The summed E-state index contributed by atoms with van der Waals surface area (Å²) >= 11 is 0. The average molecular weight is 255 g/mol. The maximum Gasteiger partial charge on any atom is 0.306 e. The number of morpholine rings is 1. The number of carboxylic acids is 1. The molecular weight excluding hydrogens is 238 g/mol. The summed E-state index contributed by atoms with van der Waals surface area (Å²) in [6.45, 7) is 4.38. The summed E-state index contributed by atoms with van der Waals surface area (Å²) < 4.78 is 10.5. The van der Waals surface area contributed by atoms with Crippen LogP contribution in [0.5, 0.6) is 0 Å². The highest BCUT2D eigenvalue weighted by molar-refractivity contribution is 5.67. The van der Waals surface area contributed by atoms with Crippen LogP contribution < -0.4 is 0 Å². The first-order valence-electron chi connectivity index (χ1n) is 6.04. The molecule has 18 heavy (non-hydrogen) atoms. The van der Waals surface area contributed by atoms with Crippen molar-refractivity contribution < 1.29 is 19.2 Å².